The van der Waals surface area contributed by atoms with Crippen molar-refractivity contribution in [2.24, 2.45) is 0 Å². The summed E-state index contributed by atoms with van der Waals surface area (Å²) < 4.78 is 153. The number of phenolic OH excluding ortho intramolecular Hbond substituents is 1. The van der Waals surface area contributed by atoms with Gasteiger partial charge in [0.2, 0.25) is 7.37 Å². The molecule has 566 valence electrons. The minimum atomic E-state index is -4.80. The summed E-state index contributed by atoms with van der Waals surface area (Å²) in [6.45, 7) is 8.88. The number of halogens is 2. The first-order valence-electron chi connectivity index (χ1n) is 33.6. The van der Waals surface area contributed by atoms with Gasteiger partial charge in [-0.25, -0.2) is 22.9 Å². The van der Waals surface area contributed by atoms with Gasteiger partial charge >= 0.3 is 40.3 Å². The number of aliphatic hydroxyl groups excluding tert-OH is 1. The third-order valence-electron chi connectivity index (χ3n) is 16.0. The average Bonchev–Trinajstić information content (AvgIpc) is 1.53. The molecule has 3 amide bonds. The highest BCUT2D eigenvalue weighted by Gasteiger charge is 2.41. The summed E-state index contributed by atoms with van der Waals surface area (Å²) in [5.41, 5.74) is 2.42. The van der Waals surface area contributed by atoms with Crippen LogP contribution in [0.15, 0.2) is 207 Å². The van der Waals surface area contributed by atoms with Crippen LogP contribution in [0.2, 0.25) is 0 Å². The number of nitrogens with zero attached hydrogens (tertiary/aromatic N) is 4. The van der Waals surface area contributed by atoms with Crippen molar-refractivity contribution >= 4 is 81.3 Å². The maximum absolute atomic E-state index is 14.3. The number of fused-ring (bicyclic) bond motifs is 4. The molecule has 3 atom stereocenters. The van der Waals surface area contributed by atoms with E-state index in [1.165, 1.54) is 78.2 Å². The third-order valence-corrected chi connectivity index (χ3v) is 21.3. The molecular formula is C76H76F2N6O20P2S2. The fourth-order valence-corrected chi connectivity index (χ4v) is 15.7. The minimum absolute atomic E-state index is 0.00208. The lowest BCUT2D eigenvalue weighted by Crippen LogP contribution is -2.38. The van der Waals surface area contributed by atoms with Gasteiger partial charge in [0.1, 0.15) is 45.9 Å². The van der Waals surface area contributed by atoms with Gasteiger partial charge in [-0.05, 0) is 130 Å². The zero-order valence-electron chi connectivity index (χ0n) is 59.1. The number of carbonyl (C=O) groups is 4. The van der Waals surface area contributed by atoms with Crippen LogP contribution in [-0.2, 0) is 74.7 Å². The molecule has 4 heterocycles. The Morgan fingerprint density at radius 2 is 1.07 bits per heavy atom. The van der Waals surface area contributed by atoms with E-state index in [9.17, 15) is 59.0 Å². The SMILES string of the molecule is CC(C)(C)OC(=O)NS(=O)(=O)Oc1c2c(c(OC(c3ccccc3)c3ccccc3)c3ncccc13)C(=O)N(Cc1ccc(F)cc1)C2.CCOC(=O)C(C)OP(=O)(CCO)Oc1ccccc1.CP(=O)(CCNS(=O)(=O)Oc1c2c(c(O)c3ncccc13)C(=O)N(Cc1ccc(F)cc1)C2)Oc1ccccc1. The van der Waals surface area contributed by atoms with Crippen LogP contribution in [0, 0.1) is 11.6 Å². The fourth-order valence-electron chi connectivity index (χ4n) is 11.3. The van der Waals surface area contributed by atoms with E-state index >= 15 is 0 Å². The molecule has 32 heteroatoms. The molecule has 108 heavy (non-hydrogen) atoms. The lowest BCUT2D eigenvalue weighted by atomic mass is 9.99. The zero-order chi connectivity index (χ0) is 77.6. The molecule has 0 radical (unpaired) electrons. The van der Waals surface area contributed by atoms with Gasteiger partial charge in [-0.1, -0.05) is 121 Å². The van der Waals surface area contributed by atoms with Crippen molar-refractivity contribution in [3.05, 3.63) is 263 Å². The quantitative estimate of drug-likeness (QED) is 0.0274. The Hall–Kier alpha value is -10.8. The molecule has 4 N–H and O–H groups in total. The van der Waals surface area contributed by atoms with Gasteiger partial charge in [0.25, 0.3) is 11.8 Å². The van der Waals surface area contributed by atoms with E-state index in [1.807, 2.05) is 60.7 Å². The number of hydrogen-bond donors (Lipinski definition) is 4. The lowest BCUT2D eigenvalue weighted by molar-refractivity contribution is -0.150. The van der Waals surface area contributed by atoms with Crippen LogP contribution in [0.5, 0.6) is 34.5 Å². The molecule has 10 aromatic rings. The molecule has 0 aliphatic carbocycles. The van der Waals surface area contributed by atoms with Crippen LogP contribution in [0.25, 0.3) is 21.8 Å². The third kappa shape index (κ3) is 20.8. The van der Waals surface area contributed by atoms with Gasteiger partial charge in [-0.15, -0.1) is 0 Å². The van der Waals surface area contributed by atoms with E-state index in [-0.39, 0.29) is 125 Å². The number of hydrogen-bond acceptors (Lipinski definition) is 22. The van der Waals surface area contributed by atoms with E-state index in [0.29, 0.717) is 22.6 Å². The second kappa shape index (κ2) is 34.8. The van der Waals surface area contributed by atoms with Gasteiger partial charge in [0, 0.05) is 66.8 Å². The molecule has 2 aliphatic rings. The number of pyridine rings is 2. The molecule has 0 bridgehead atoms. The number of aromatic hydroxyl groups is 1. The van der Waals surface area contributed by atoms with Crippen LogP contribution < -0.4 is 31.6 Å². The second-order valence-corrected chi connectivity index (χ2v) is 32.8. The Balaban J connectivity index is 0.000000187. The molecule has 8 aromatic carbocycles. The van der Waals surface area contributed by atoms with E-state index < -0.39 is 88.9 Å². The van der Waals surface area contributed by atoms with Crippen LogP contribution >= 0.6 is 15.0 Å². The first-order valence-corrected chi connectivity index (χ1v) is 40.4. The Morgan fingerprint density at radius 1 is 0.611 bits per heavy atom. The molecule has 0 spiro atoms. The van der Waals surface area contributed by atoms with Gasteiger partial charge in [-0.2, -0.15) is 26.3 Å². The Morgan fingerprint density at radius 3 is 1.57 bits per heavy atom. The molecule has 26 nitrogen and oxygen atoms in total. The Bertz CT molecular complexity index is 5180. The summed E-state index contributed by atoms with van der Waals surface area (Å²) in [6, 6.07) is 53.5. The number of aliphatic hydroxyl groups is 1. The van der Waals surface area contributed by atoms with Crippen molar-refractivity contribution in [3.63, 3.8) is 0 Å². The Kier molecular flexibility index (Phi) is 25.7. The second-order valence-electron chi connectivity index (χ2n) is 25.4. The van der Waals surface area contributed by atoms with Crippen LogP contribution in [0.3, 0.4) is 0 Å². The van der Waals surface area contributed by atoms with E-state index in [2.05, 4.69) is 14.7 Å². The van der Waals surface area contributed by atoms with E-state index in [4.69, 9.17) is 41.3 Å². The number of phenols is 1. The molecule has 3 unspecified atom stereocenters. The molecule has 0 fully saturated rings. The van der Waals surface area contributed by atoms with Crippen molar-refractivity contribution in [3.8, 4) is 34.5 Å². The topological polar surface area (TPSA) is 341 Å². The van der Waals surface area contributed by atoms with Crippen molar-refractivity contribution in [1.29, 1.82) is 0 Å². The fraction of sp³-hybridized carbons (Fsp3) is 0.237. The lowest BCUT2D eigenvalue weighted by Gasteiger charge is -2.23. The van der Waals surface area contributed by atoms with Gasteiger partial charge in [0.05, 0.1) is 43.6 Å². The van der Waals surface area contributed by atoms with Crippen LogP contribution in [0.1, 0.15) is 94.8 Å². The summed E-state index contributed by atoms with van der Waals surface area (Å²) in [4.78, 5) is 63.0. The van der Waals surface area contributed by atoms with Crippen molar-refractivity contribution < 1.29 is 100 Å². The van der Waals surface area contributed by atoms with Gasteiger partial charge in [0.15, 0.2) is 29.1 Å². The normalized spacial score (nSPS) is 14.0. The number of rotatable bonds is 27. The Labute approximate surface area is 622 Å². The van der Waals surface area contributed by atoms with Crippen molar-refractivity contribution in [2.75, 3.05) is 38.7 Å². The molecule has 2 aromatic heterocycles. The van der Waals surface area contributed by atoms with Crippen LogP contribution in [0.4, 0.5) is 13.6 Å². The predicted molar refractivity (Wildman–Crippen MR) is 396 cm³/mol. The van der Waals surface area contributed by atoms with E-state index in [0.717, 1.165) is 11.1 Å². The molecule has 12 rings (SSSR count). The number of para-hydroxylation sites is 2. The summed E-state index contributed by atoms with van der Waals surface area (Å²) in [6.07, 6.45) is -0.360. The smallest absolute Gasteiger partial charge is 0.424 e. The molecule has 0 saturated carbocycles. The number of benzene rings is 8. The number of ether oxygens (including phenoxy) is 3. The van der Waals surface area contributed by atoms with E-state index in [1.54, 1.807) is 123 Å². The maximum atomic E-state index is 14.3. The average molecular weight is 1560 g/mol. The van der Waals surface area contributed by atoms with Crippen molar-refractivity contribution in [1.82, 2.24) is 29.2 Å². The minimum Gasteiger partial charge on any atom is -0.505 e. The number of nitrogens with one attached hydrogen (secondary N) is 2. The predicted octanol–water partition coefficient (Wildman–Crippen LogP) is 13.5. The summed E-state index contributed by atoms with van der Waals surface area (Å²) in [7, 11) is -16.1. The highest BCUT2D eigenvalue weighted by atomic mass is 32.2. The molecule has 2 aliphatic heterocycles. The standard InChI is InChI=1S/C36H32FN3O7S.C27H25FN3O7PS.C13H19O6P/c1-36(2,3)46-35(42)39-48(43,44)47-32-27-15-10-20-38-30(27)33(45-31(24-11-6-4-7-12-24)25-13-8-5-9-14-25)29-28(32)22-40(34(29)41)21-23-16-18-26(37)19-17-23;1-39(34,37-20-6-3-2-4-7-20)15-14-30-40(35,36)38-26-21-8-5-13-29-24(21)25(32)23-22(26)17-31(27(23)33)16-18-9-11-19(28)12-10-18;1-3-17-13(15)11(2)18-20(16,10-9-14)19-12-7-5-4-6-8-12/h4-20,31H,21-22H2,1-3H3,(H,39,42);2-13,30,32H,14-17H2,1H3;4-8,11,14H,3,9-10H2,1-2H3. The van der Waals surface area contributed by atoms with Gasteiger partial charge in [-0.3, -0.25) is 28.6 Å². The molecule has 0 saturated heterocycles. The summed E-state index contributed by atoms with van der Waals surface area (Å²) in [5, 5.41) is 20.3. The van der Waals surface area contributed by atoms with Gasteiger partial charge < -0.3 is 51.6 Å². The zero-order valence-corrected chi connectivity index (χ0v) is 62.6. The van der Waals surface area contributed by atoms with Crippen LogP contribution in [-0.4, -0.2) is 121 Å². The maximum Gasteiger partial charge on any atom is 0.424 e. The summed E-state index contributed by atoms with van der Waals surface area (Å²) >= 11 is 0. The number of amides is 3. The summed E-state index contributed by atoms with van der Waals surface area (Å²) in [5.74, 6) is -2.34. The van der Waals surface area contributed by atoms with Crippen molar-refractivity contribution in [2.45, 2.75) is 78.6 Å². The number of aromatic nitrogens is 2. The number of carbonyl (C=O) groups excluding carboxylic acids is 4. The highest BCUT2D eigenvalue weighted by molar-refractivity contribution is 7.85. The first kappa shape index (κ1) is 79.7. The highest BCUT2D eigenvalue weighted by Crippen LogP contribution is 2.51. The number of esters is 1. The first-order chi connectivity index (χ1) is 51.4. The largest absolute Gasteiger partial charge is 0.505 e. The monoisotopic (exact) mass is 1560 g/mol. The molecular weight excluding hydrogens is 1480 g/mol.